The number of fused-ring (bicyclic) bond motifs is 1. The fraction of sp³-hybridized carbons (Fsp3) is 0.259. The van der Waals surface area contributed by atoms with Gasteiger partial charge in [0.05, 0.1) is 6.04 Å². The fourth-order valence-corrected chi connectivity index (χ4v) is 4.70. The van der Waals surface area contributed by atoms with Crippen molar-refractivity contribution in [1.29, 1.82) is 0 Å². The number of para-hydroxylation sites is 1. The Bertz CT molecular complexity index is 1230. The maximum Gasteiger partial charge on any atom is 0.195 e. The van der Waals surface area contributed by atoms with Crippen LogP contribution in [-0.2, 0) is 0 Å². The van der Waals surface area contributed by atoms with Gasteiger partial charge in [-0.1, -0.05) is 54.1 Å². The molecule has 0 bridgehead atoms. The van der Waals surface area contributed by atoms with Crippen LogP contribution in [0.25, 0.3) is 10.9 Å². The first-order valence-electron chi connectivity index (χ1n) is 11.4. The van der Waals surface area contributed by atoms with E-state index in [-0.39, 0.29) is 5.78 Å². The maximum atomic E-state index is 13.5. The first-order valence-corrected chi connectivity index (χ1v) is 11.4. The lowest BCUT2D eigenvalue weighted by molar-refractivity contribution is 0.0365. The van der Waals surface area contributed by atoms with E-state index in [0.29, 0.717) is 5.56 Å². The number of H-pyrrole nitrogens is 1. The molecule has 6 nitrogen and oxygen atoms in total. The van der Waals surface area contributed by atoms with Gasteiger partial charge in [0.2, 0.25) is 0 Å². The van der Waals surface area contributed by atoms with E-state index in [1.54, 1.807) is 12.4 Å². The number of nitrogens with zero attached hydrogens (tertiary/aromatic N) is 3. The van der Waals surface area contributed by atoms with Crippen molar-refractivity contribution < 1.29 is 9.90 Å². The van der Waals surface area contributed by atoms with E-state index in [1.807, 2.05) is 73.7 Å². The zero-order valence-corrected chi connectivity index (χ0v) is 18.7. The predicted molar refractivity (Wildman–Crippen MR) is 131 cm³/mol. The molecule has 0 saturated carbocycles. The molecule has 1 aliphatic rings. The zero-order chi connectivity index (χ0) is 22.8. The summed E-state index contributed by atoms with van der Waals surface area (Å²) in [5.74, 6) is 0.699. The third-order valence-electron chi connectivity index (χ3n) is 6.52. The Morgan fingerprint density at radius 2 is 1.70 bits per heavy atom. The van der Waals surface area contributed by atoms with E-state index in [9.17, 15) is 9.90 Å². The number of ketones is 1. The van der Waals surface area contributed by atoms with Crippen LogP contribution in [0.5, 0.6) is 0 Å². The highest BCUT2D eigenvalue weighted by molar-refractivity contribution is 6.10. The fourth-order valence-electron chi connectivity index (χ4n) is 4.70. The monoisotopic (exact) mass is 440 g/mol. The van der Waals surface area contributed by atoms with Crippen LogP contribution in [0.1, 0.15) is 27.5 Å². The van der Waals surface area contributed by atoms with E-state index >= 15 is 0 Å². The van der Waals surface area contributed by atoms with Gasteiger partial charge in [-0.05, 0) is 30.7 Å². The molecule has 5 rings (SSSR count). The van der Waals surface area contributed by atoms with E-state index in [0.717, 1.165) is 54.0 Å². The van der Waals surface area contributed by atoms with Crippen LogP contribution in [0.3, 0.4) is 0 Å². The second-order valence-corrected chi connectivity index (χ2v) is 8.62. The smallest absolute Gasteiger partial charge is 0.195 e. The molecule has 1 aliphatic heterocycles. The van der Waals surface area contributed by atoms with Gasteiger partial charge >= 0.3 is 0 Å². The number of benzene rings is 2. The minimum absolute atomic E-state index is 0.259. The quantitative estimate of drug-likeness (QED) is 0.444. The minimum Gasteiger partial charge on any atom is -0.383 e. The number of pyridine rings is 1. The molecule has 2 aromatic heterocycles. The van der Waals surface area contributed by atoms with Crippen molar-refractivity contribution in [2.45, 2.75) is 19.1 Å². The van der Waals surface area contributed by atoms with E-state index in [2.05, 4.69) is 19.8 Å². The number of aryl methyl sites for hydroxylation is 1. The van der Waals surface area contributed by atoms with Gasteiger partial charge in [-0.25, -0.2) is 4.98 Å². The van der Waals surface area contributed by atoms with Crippen LogP contribution < -0.4 is 4.90 Å². The van der Waals surface area contributed by atoms with E-state index in [4.69, 9.17) is 0 Å². The van der Waals surface area contributed by atoms with Gasteiger partial charge in [0.25, 0.3) is 0 Å². The summed E-state index contributed by atoms with van der Waals surface area (Å²) in [5, 5.41) is 12.3. The van der Waals surface area contributed by atoms with Gasteiger partial charge in [0.1, 0.15) is 11.9 Å². The molecule has 33 heavy (non-hydrogen) atoms. The van der Waals surface area contributed by atoms with Crippen molar-refractivity contribution in [3.63, 3.8) is 0 Å². The molecule has 0 unspecified atom stereocenters. The molecule has 168 valence electrons. The molecular weight excluding hydrogens is 412 g/mol. The van der Waals surface area contributed by atoms with Crippen molar-refractivity contribution in [2.75, 3.05) is 31.1 Å². The topological polar surface area (TPSA) is 72.5 Å². The van der Waals surface area contributed by atoms with Gasteiger partial charge in [-0.15, -0.1) is 0 Å². The number of aliphatic hydroxyl groups is 1. The Labute approximate surface area is 193 Å². The molecule has 0 aliphatic carbocycles. The Morgan fingerprint density at radius 1 is 0.970 bits per heavy atom. The summed E-state index contributed by atoms with van der Waals surface area (Å²) >= 11 is 0. The summed E-state index contributed by atoms with van der Waals surface area (Å²) in [7, 11) is 0. The summed E-state index contributed by atoms with van der Waals surface area (Å²) in [6.45, 7) is 5.07. The maximum absolute atomic E-state index is 13.5. The Hall–Kier alpha value is -3.48. The summed E-state index contributed by atoms with van der Waals surface area (Å²) in [5.41, 5.74) is 3.52. The number of aliphatic hydroxyl groups excluding tert-OH is 1. The number of hydrogen-bond donors (Lipinski definition) is 2. The first-order chi connectivity index (χ1) is 16.1. The van der Waals surface area contributed by atoms with Crippen molar-refractivity contribution in [3.05, 3.63) is 95.8 Å². The van der Waals surface area contributed by atoms with Crippen molar-refractivity contribution in [2.24, 2.45) is 0 Å². The molecule has 0 spiro atoms. The molecule has 0 amide bonds. The molecule has 1 fully saturated rings. The number of hydrogen-bond acceptors (Lipinski definition) is 5. The number of anilines is 1. The Morgan fingerprint density at radius 3 is 2.42 bits per heavy atom. The van der Waals surface area contributed by atoms with Crippen molar-refractivity contribution in [1.82, 2.24) is 14.9 Å². The van der Waals surface area contributed by atoms with E-state index in [1.165, 1.54) is 0 Å². The summed E-state index contributed by atoms with van der Waals surface area (Å²) in [6, 6.07) is 21.3. The highest BCUT2D eigenvalue weighted by Crippen LogP contribution is 2.30. The highest BCUT2D eigenvalue weighted by atomic mass is 16.3. The largest absolute Gasteiger partial charge is 0.383 e. The average molecular weight is 441 g/mol. The highest BCUT2D eigenvalue weighted by Gasteiger charge is 2.35. The SMILES string of the molecule is Cc1ccc([C@H]([C@@H](O)C(=O)c2c[nH]c3ccccc23)N2CCN(c3ccccn3)CC2)cc1. The Balaban J connectivity index is 1.42. The first kappa shape index (κ1) is 21.4. The summed E-state index contributed by atoms with van der Waals surface area (Å²) in [4.78, 5) is 25.6. The lowest BCUT2D eigenvalue weighted by Crippen LogP contribution is -2.51. The van der Waals surface area contributed by atoms with Crippen LogP contribution >= 0.6 is 0 Å². The Kier molecular flexibility index (Phi) is 5.94. The number of piperazine rings is 1. The van der Waals surface area contributed by atoms with Crippen LogP contribution in [0.2, 0.25) is 0 Å². The molecule has 1 saturated heterocycles. The molecule has 3 heterocycles. The van der Waals surface area contributed by atoms with E-state index < -0.39 is 12.1 Å². The summed E-state index contributed by atoms with van der Waals surface area (Å²) in [6.07, 6.45) is 2.34. The predicted octanol–water partition coefficient (Wildman–Crippen LogP) is 3.98. The molecule has 2 aromatic carbocycles. The van der Waals surface area contributed by atoms with Gasteiger partial charge < -0.3 is 15.0 Å². The van der Waals surface area contributed by atoms with Crippen molar-refractivity contribution in [3.8, 4) is 0 Å². The molecule has 0 radical (unpaired) electrons. The lowest BCUT2D eigenvalue weighted by atomic mass is 9.92. The van der Waals surface area contributed by atoms with Crippen LogP contribution in [0.4, 0.5) is 5.82 Å². The van der Waals surface area contributed by atoms with Crippen LogP contribution in [0, 0.1) is 6.92 Å². The normalized spacial score (nSPS) is 16.6. The van der Waals surface area contributed by atoms with Gasteiger partial charge in [-0.3, -0.25) is 9.69 Å². The number of aromatic amines is 1. The van der Waals surface area contributed by atoms with Crippen molar-refractivity contribution >= 4 is 22.5 Å². The standard InChI is InChI=1S/C27H28N4O2/c1-19-9-11-20(12-10-19)25(31-16-14-30(15-17-31)24-8-4-5-13-28-24)27(33)26(32)22-18-29-23-7-3-2-6-21(22)23/h2-13,18,25,27,29,33H,14-17H2,1H3/t25-,27-/m1/s1. The number of rotatable bonds is 6. The minimum atomic E-state index is -1.17. The lowest BCUT2D eigenvalue weighted by Gasteiger charge is -2.41. The third-order valence-corrected chi connectivity index (χ3v) is 6.52. The number of nitrogens with one attached hydrogen (secondary N) is 1. The van der Waals surface area contributed by atoms with Crippen LogP contribution in [-0.4, -0.2) is 58.0 Å². The molecule has 2 atom stereocenters. The molecular formula is C27H28N4O2. The second kappa shape index (κ2) is 9.17. The number of carbonyl (C=O) groups is 1. The molecule has 4 aromatic rings. The van der Waals surface area contributed by atoms with Crippen LogP contribution in [0.15, 0.2) is 79.1 Å². The van der Waals surface area contributed by atoms with Gasteiger partial charge in [-0.2, -0.15) is 0 Å². The summed E-state index contributed by atoms with van der Waals surface area (Å²) < 4.78 is 0. The third kappa shape index (κ3) is 4.27. The number of aromatic nitrogens is 2. The molecule has 6 heteroatoms. The second-order valence-electron chi connectivity index (χ2n) is 8.62. The number of Topliss-reactive ketones (excluding diaryl/α,β-unsaturated/α-hetero) is 1. The number of carbonyl (C=O) groups excluding carboxylic acids is 1. The van der Waals surface area contributed by atoms with Gasteiger partial charge in [0, 0.05) is 55.0 Å². The zero-order valence-electron chi connectivity index (χ0n) is 18.7. The average Bonchev–Trinajstić information content (AvgIpc) is 3.30. The van der Waals surface area contributed by atoms with Gasteiger partial charge in [0.15, 0.2) is 5.78 Å². The molecule has 2 N–H and O–H groups in total.